The molecule has 2 unspecified atom stereocenters. The monoisotopic (exact) mass is 374 g/mol. The molecule has 0 bridgehead atoms. The van der Waals surface area contributed by atoms with Crippen LogP contribution in [-0.2, 0) is 17.8 Å². The minimum atomic E-state index is -0.558. The summed E-state index contributed by atoms with van der Waals surface area (Å²) in [6.45, 7) is 5.64. The molecular formula is C21H24F2N2O2. The van der Waals surface area contributed by atoms with Crippen molar-refractivity contribution < 1.29 is 18.3 Å². The van der Waals surface area contributed by atoms with Gasteiger partial charge >= 0.3 is 0 Å². The van der Waals surface area contributed by atoms with E-state index in [1.807, 2.05) is 30.9 Å². The summed E-state index contributed by atoms with van der Waals surface area (Å²) in [6, 6.07) is 11.1. The van der Waals surface area contributed by atoms with Gasteiger partial charge in [-0.1, -0.05) is 18.2 Å². The van der Waals surface area contributed by atoms with Gasteiger partial charge in [-0.05, 0) is 43.7 Å². The van der Waals surface area contributed by atoms with E-state index < -0.39 is 11.6 Å². The number of morpholine rings is 1. The molecule has 0 aromatic heterocycles. The summed E-state index contributed by atoms with van der Waals surface area (Å²) in [6.07, 6.45) is 0.0555. The van der Waals surface area contributed by atoms with Crippen LogP contribution in [0.1, 0.15) is 35.3 Å². The molecule has 2 aromatic carbocycles. The lowest BCUT2D eigenvalue weighted by Gasteiger charge is -2.35. The Hall–Kier alpha value is -2.31. The topological polar surface area (TPSA) is 41.6 Å². The van der Waals surface area contributed by atoms with E-state index in [-0.39, 0.29) is 30.2 Å². The minimum absolute atomic E-state index is 0.00932. The Balaban J connectivity index is 1.56. The maximum Gasteiger partial charge on any atom is 0.254 e. The standard InChI is InChI=1S/C21H24F2N2O2/c1-14-12-25(13-15(2)27-14)21(26)17-8-6-16(7-9-17)10-24-11-18-19(22)4-3-5-20(18)23/h3-9,14-15,24H,10-13H2,1-2H3. The number of carbonyl (C=O) groups excluding carboxylic acids is 1. The Morgan fingerprint density at radius 1 is 1.04 bits per heavy atom. The Kier molecular flexibility index (Phi) is 6.19. The number of hydrogen-bond donors (Lipinski definition) is 1. The Bertz CT molecular complexity index is 765. The zero-order valence-corrected chi connectivity index (χ0v) is 15.5. The highest BCUT2D eigenvalue weighted by Crippen LogP contribution is 2.15. The van der Waals surface area contributed by atoms with E-state index in [0.29, 0.717) is 25.2 Å². The van der Waals surface area contributed by atoms with Crippen molar-refractivity contribution in [3.63, 3.8) is 0 Å². The van der Waals surface area contributed by atoms with Crippen LogP contribution in [0.4, 0.5) is 8.78 Å². The summed E-state index contributed by atoms with van der Waals surface area (Å²) < 4.78 is 32.9. The zero-order valence-electron chi connectivity index (χ0n) is 15.5. The molecule has 1 N–H and O–H groups in total. The molecule has 4 nitrogen and oxygen atoms in total. The lowest BCUT2D eigenvalue weighted by Crippen LogP contribution is -2.48. The maximum atomic E-state index is 13.6. The number of rotatable bonds is 5. The third-order valence-corrected chi connectivity index (χ3v) is 4.60. The smallest absolute Gasteiger partial charge is 0.254 e. The van der Waals surface area contributed by atoms with Crippen molar-refractivity contribution in [3.05, 3.63) is 70.8 Å². The van der Waals surface area contributed by atoms with Gasteiger partial charge in [-0.3, -0.25) is 4.79 Å². The fourth-order valence-electron chi connectivity index (χ4n) is 3.32. The van der Waals surface area contributed by atoms with E-state index >= 15 is 0 Å². The third-order valence-electron chi connectivity index (χ3n) is 4.60. The first kappa shape index (κ1) is 19.5. The van der Waals surface area contributed by atoms with Gasteiger partial charge in [0, 0.05) is 37.3 Å². The van der Waals surface area contributed by atoms with Gasteiger partial charge in [0.1, 0.15) is 11.6 Å². The highest BCUT2D eigenvalue weighted by Gasteiger charge is 2.26. The molecule has 144 valence electrons. The highest BCUT2D eigenvalue weighted by molar-refractivity contribution is 5.94. The molecule has 0 radical (unpaired) electrons. The molecule has 0 saturated carbocycles. The minimum Gasteiger partial charge on any atom is -0.372 e. The number of benzene rings is 2. The van der Waals surface area contributed by atoms with Crippen molar-refractivity contribution in [2.75, 3.05) is 13.1 Å². The first-order valence-electron chi connectivity index (χ1n) is 9.11. The quantitative estimate of drug-likeness (QED) is 0.871. The van der Waals surface area contributed by atoms with Gasteiger partial charge in [-0.25, -0.2) is 8.78 Å². The predicted molar refractivity (Wildman–Crippen MR) is 99.3 cm³/mol. The molecule has 1 aliphatic rings. The molecule has 1 heterocycles. The van der Waals surface area contributed by atoms with Crippen LogP contribution in [0.3, 0.4) is 0 Å². The number of ether oxygens (including phenoxy) is 1. The summed E-state index contributed by atoms with van der Waals surface area (Å²) in [7, 11) is 0. The Labute approximate surface area is 158 Å². The summed E-state index contributed by atoms with van der Waals surface area (Å²) in [4.78, 5) is 14.5. The van der Waals surface area contributed by atoms with Gasteiger partial charge in [0.15, 0.2) is 0 Å². The van der Waals surface area contributed by atoms with Crippen molar-refractivity contribution in [1.82, 2.24) is 10.2 Å². The molecule has 0 aliphatic carbocycles. The lowest BCUT2D eigenvalue weighted by atomic mass is 10.1. The summed E-state index contributed by atoms with van der Waals surface area (Å²) in [5.41, 5.74) is 1.59. The van der Waals surface area contributed by atoms with Crippen LogP contribution in [0.25, 0.3) is 0 Å². The normalized spacial score (nSPS) is 19.9. The average molecular weight is 374 g/mol. The molecule has 27 heavy (non-hydrogen) atoms. The van der Waals surface area contributed by atoms with Crippen LogP contribution >= 0.6 is 0 Å². The van der Waals surface area contributed by atoms with Crippen molar-refractivity contribution in [2.24, 2.45) is 0 Å². The number of nitrogens with one attached hydrogen (secondary N) is 1. The summed E-state index contributed by atoms with van der Waals surface area (Å²) in [5, 5.41) is 3.03. The van der Waals surface area contributed by atoms with E-state index in [0.717, 1.165) is 5.56 Å². The summed E-state index contributed by atoms with van der Waals surface area (Å²) in [5.74, 6) is -1.13. The molecule has 1 amide bonds. The fraction of sp³-hybridized carbons (Fsp3) is 0.381. The van der Waals surface area contributed by atoms with Crippen LogP contribution in [0.5, 0.6) is 0 Å². The first-order valence-corrected chi connectivity index (χ1v) is 9.11. The number of halogens is 2. The highest BCUT2D eigenvalue weighted by atomic mass is 19.1. The molecule has 2 atom stereocenters. The largest absolute Gasteiger partial charge is 0.372 e. The van der Waals surface area contributed by atoms with Crippen LogP contribution in [0, 0.1) is 11.6 Å². The van der Waals surface area contributed by atoms with E-state index in [2.05, 4.69) is 5.32 Å². The van der Waals surface area contributed by atoms with Gasteiger partial charge in [0.25, 0.3) is 5.91 Å². The van der Waals surface area contributed by atoms with Crippen molar-refractivity contribution in [3.8, 4) is 0 Å². The van der Waals surface area contributed by atoms with Gasteiger partial charge in [-0.15, -0.1) is 0 Å². The second-order valence-corrected chi connectivity index (χ2v) is 6.97. The lowest BCUT2D eigenvalue weighted by molar-refractivity contribution is -0.0586. The first-order chi connectivity index (χ1) is 12.9. The molecule has 6 heteroatoms. The number of amides is 1. The molecule has 1 fully saturated rings. The summed E-state index contributed by atoms with van der Waals surface area (Å²) >= 11 is 0. The van der Waals surface area contributed by atoms with E-state index in [4.69, 9.17) is 4.74 Å². The number of carbonyl (C=O) groups is 1. The van der Waals surface area contributed by atoms with Gasteiger partial charge in [-0.2, -0.15) is 0 Å². The van der Waals surface area contributed by atoms with Crippen LogP contribution < -0.4 is 5.32 Å². The molecule has 1 aliphatic heterocycles. The molecule has 0 spiro atoms. The molecule has 3 rings (SSSR count). The predicted octanol–water partition coefficient (Wildman–Crippen LogP) is 3.50. The fourth-order valence-corrected chi connectivity index (χ4v) is 3.32. The van der Waals surface area contributed by atoms with Crippen LogP contribution in [0.15, 0.2) is 42.5 Å². The van der Waals surface area contributed by atoms with Gasteiger partial charge in [0.05, 0.1) is 12.2 Å². The van der Waals surface area contributed by atoms with Crippen molar-refractivity contribution in [1.29, 1.82) is 0 Å². The maximum absolute atomic E-state index is 13.6. The van der Waals surface area contributed by atoms with E-state index in [1.54, 1.807) is 12.1 Å². The SMILES string of the molecule is CC1CN(C(=O)c2ccc(CNCc3c(F)cccc3F)cc2)CC(C)O1. The number of nitrogens with zero attached hydrogens (tertiary/aromatic N) is 1. The molecule has 1 saturated heterocycles. The molecular weight excluding hydrogens is 350 g/mol. The molecule has 2 aromatic rings. The number of hydrogen-bond acceptors (Lipinski definition) is 3. The second-order valence-electron chi connectivity index (χ2n) is 6.97. The van der Waals surface area contributed by atoms with Crippen molar-refractivity contribution in [2.45, 2.75) is 39.1 Å². The zero-order chi connectivity index (χ0) is 19.4. The van der Waals surface area contributed by atoms with E-state index in [1.165, 1.54) is 18.2 Å². The van der Waals surface area contributed by atoms with Crippen LogP contribution in [-0.4, -0.2) is 36.1 Å². The van der Waals surface area contributed by atoms with E-state index in [9.17, 15) is 13.6 Å². The Morgan fingerprint density at radius 3 is 2.22 bits per heavy atom. The Morgan fingerprint density at radius 2 is 1.63 bits per heavy atom. The average Bonchev–Trinajstić information content (AvgIpc) is 2.63. The van der Waals surface area contributed by atoms with Crippen LogP contribution in [0.2, 0.25) is 0 Å². The van der Waals surface area contributed by atoms with Crippen molar-refractivity contribution >= 4 is 5.91 Å². The second kappa shape index (κ2) is 8.59. The van der Waals surface area contributed by atoms with Gasteiger partial charge in [0.2, 0.25) is 0 Å². The van der Waals surface area contributed by atoms with Gasteiger partial charge < -0.3 is 15.0 Å². The third kappa shape index (κ3) is 4.90.